The Bertz CT molecular complexity index is 914. The number of nitrogens with zero attached hydrogens (tertiary/aromatic N) is 2. The maximum Gasteiger partial charge on any atom is 0.314 e. The van der Waals surface area contributed by atoms with Gasteiger partial charge in [0, 0.05) is 24.3 Å². The second kappa shape index (κ2) is 8.38. The summed E-state index contributed by atoms with van der Waals surface area (Å²) in [5.74, 6) is -0.136. The Morgan fingerprint density at radius 1 is 1.29 bits per heavy atom. The second-order valence-electron chi connectivity index (χ2n) is 6.13. The van der Waals surface area contributed by atoms with Crippen molar-refractivity contribution >= 4 is 28.9 Å². The molecule has 0 aliphatic carbocycles. The van der Waals surface area contributed by atoms with E-state index >= 15 is 0 Å². The van der Waals surface area contributed by atoms with Crippen LogP contribution in [0.15, 0.2) is 42.5 Å². The van der Waals surface area contributed by atoms with Gasteiger partial charge in [-0.25, -0.2) is 0 Å². The molecule has 9 nitrogen and oxygen atoms in total. The summed E-state index contributed by atoms with van der Waals surface area (Å²) in [5.41, 5.74) is 0.934. The van der Waals surface area contributed by atoms with Gasteiger partial charge in [-0.2, -0.15) is 0 Å². The largest absolute Gasteiger partial charge is 0.496 e. The number of hydrogen-bond acceptors (Lipinski definition) is 6. The molecule has 2 aromatic carbocycles. The number of benzene rings is 2. The van der Waals surface area contributed by atoms with Gasteiger partial charge < -0.3 is 19.7 Å². The number of anilines is 2. The van der Waals surface area contributed by atoms with Crippen molar-refractivity contribution in [2.75, 3.05) is 30.5 Å². The van der Waals surface area contributed by atoms with Crippen LogP contribution in [0.3, 0.4) is 0 Å². The average molecular weight is 385 g/mol. The van der Waals surface area contributed by atoms with E-state index in [1.165, 1.54) is 25.3 Å². The average Bonchev–Trinajstić information content (AvgIpc) is 3.12. The predicted octanol–water partition coefficient (Wildman–Crippen LogP) is 2.75. The Hall–Kier alpha value is -3.62. The molecular weight excluding hydrogens is 366 g/mol. The first-order valence-electron chi connectivity index (χ1n) is 8.63. The fraction of sp³-hybridized carbons (Fsp3) is 0.263. The fourth-order valence-electron chi connectivity index (χ4n) is 2.90. The van der Waals surface area contributed by atoms with Gasteiger partial charge in [0.2, 0.25) is 5.91 Å². The van der Waals surface area contributed by atoms with Gasteiger partial charge in [0.05, 0.1) is 18.1 Å². The van der Waals surface area contributed by atoms with Crippen LogP contribution in [0.25, 0.3) is 0 Å². The molecule has 0 radical (unpaired) electrons. The van der Waals surface area contributed by atoms with Gasteiger partial charge in [0.25, 0.3) is 5.91 Å². The van der Waals surface area contributed by atoms with Crippen molar-refractivity contribution in [3.05, 3.63) is 52.6 Å². The lowest BCUT2D eigenvalue weighted by Gasteiger charge is -2.16. The van der Waals surface area contributed by atoms with Crippen LogP contribution in [0.4, 0.5) is 17.1 Å². The summed E-state index contributed by atoms with van der Waals surface area (Å²) in [6.07, 6.45) is 1.33. The highest BCUT2D eigenvalue weighted by Crippen LogP contribution is 2.31. The van der Waals surface area contributed by atoms with Crippen molar-refractivity contribution in [1.29, 1.82) is 0 Å². The number of amides is 2. The molecule has 0 bridgehead atoms. The van der Waals surface area contributed by atoms with Crippen molar-refractivity contribution in [2.24, 2.45) is 0 Å². The van der Waals surface area contributed by atoms with Gasteiger partial charge in [-0.05, 0) is 36.8 Å². The first kappa shape index (κ1) is 19.2. The minimum Gasteiger partial charge on any atom is -0.496 e. The van der Waals surface area contributed by atoms with Crippen LogP contribution < -0.4 is 19.7 Å². The first-order valence-corrected chi connectivity index (χ1v) is 8.63. The fourth-order valence-corrected chi connectivity index (χ4v) is 2.90. The van der Waals surface area contributed by atoms with Crippen LogP contribution >= 0.6 is 0 Å². The zero-order chi connectivity index (χ0) is 20.1. The van der Waals surface area contributed by atoms with E-state index in [-0.39, 0.29) is 17.3 Å². The van der Waals surface area contributed by atoms with Crippen LogP contribution in [0.5, 0.6) is 11.5 Å². The van der Waals surface area contributed by atoms with Crippen LogP contribution in [-0.2, 0) is 9.59 Å². The maximum atomic E-state index is 12.2. The van der Waals surface area contributed by atoms with E-state index < -0.39 is 17.4 Å². The molecule has 1 aliphatic rings. The molecule has 0 atom stereocenters. The number of nitro benzene ring substituents is 1. The lowest BCUT2D eigenvalue weighted by atomic mass is 10.2. The Labute approximate surface area is 161 Å². The van der Waals surface area contributed by atoms with Crippen LogP contribution in [-0.4, -0.2) is 37.0 Å². The Kier molecular flexibility index (Phi) is 5.73. The monoisotopic (exact) mass is 385 g/mol. The standard InChI is InChI=1S/C19H19N3O6/c1-27-15-7-8-17(16(11-15)22(25)26)28-12-18(23)20-13-4-2-5-14(10-13)21-9-3-6-19(21)24/h2,4-5,7-8,10-11H,3,6,9,12H2,1H3,(H,20,23). The van der Waals surface area contributed by atoms with Gasteiger partial charge in [-0.1, -0.05) is 6.07 Å². The SMILES string of the molecule is COc1ccc(OCC(=O)Nc2cccc(N3CCCC3=O)c2)c([N+](=O)[O-])c1. The van der Waals surface area contributed by atoms with Gasteiger partial charge >= 0.3 is 5.69 Å². The number of rotatable bonds is 7. The minimum absolute atomic E-state index is 0.0302. The highest BCUT2D eigenvalue weighted by atomic mass is 16.6. The number of carbonyl (C=O) groups is 2. The maximum absolute atomic E-state index is 12.2. The van der Waals surface area contributed by atoms with Gasteiger partial charge in [-0.3, -0.25) is 19.7 Å². The number of methoxy groups -OCH3 is 1. The zero-order valence-electron chi connectivity index (χ0n) is 15.2. The molecule has 3 rings (SSSR count). The third kappa shape index (κ3) is 4.37. The molecule has 1 fully saturated rings. The molecule has 0 spiro atoms. The summed E-state index contributed by atoms with van der Waals surface area (Å²) in [5, 5.41) is 13.8. The minimum atomic E-state index is -0.605. The van der Waals surface area contributed by atoms with Crippen molar-refractivity contribution < 1.29 is 24.0 Å². The third-order valence-corrected chi connectivity index (χ3v) is 4.24. The number of nitrogens with one attached hydrogen (secondary N) is 1. The molecule has 1 heterocycles. The highest BCUT2D eigenvalue weighted by Gasteiger charge is 2.22. The molecular formula is C19H19N3O6. The van der Waals surface area contributed by atoms with E-state index in [2.05, 4.69) is 5.32 Å². The van der Waals surface area contributed by atoms with E-state index in [9.17, 15) is 19.7 Å². The molecule has 0 aromatic heterocycles. The Balaban J connectivity index is 1.64. The lowest BCUT2D eigenvalue weighted by Crippen LogP contribution is -2.24. The summed E-state index contributed by atoms with van der Waals surface area (Å²) in [4.78, 5) is 36.3. The van der Waals surface area contributed by atoms with Crippen molar-refractivity contribution in [1.82, 2.24) is 0 Å². The number of hydrogen-bond donors (Lipinski definition) is 1. The van der Waals surface area contributed by atoms with Crippen LogP contribution in [0.2, 0.25) is 0 Å². The van der Waals surface area contributed by atoms with E-state index in [1.807, 2.05) is 0 Å². The number of ether oxygens (including phenoxy) is 2. The van der Waals surface area contributed by atoms with E-state index in [4.69, 9.17) is 9.47 Å². The number of nitro groups is 1. The zero-order valence-corrected chi connectivity index (χ0v) is 15.2. The topological polar surface area (TPSA) is 111 Å². The molecule has 2 amide bonds. The summed E-state index contributed by atoms with van der Waals surface area (Å²) in [6, 6.07) is 11.1. The molecule has 28 heavy (non-hydrogen) atoms. The summed E-state index contributed by atoms with van der Waals surface area (Å²) < 4.78 is 10.3. The van der Waals surface area contributed by atoms with Gasteiger partial charge in [0.15, 0.2) is 12.4 Å². The molecule has 1 aliphatic heterocycles. The summed E-state index contributed by atoms with van der Waals surface area (Å²) in [7, 11) is 1.40. The molecule has 1 N–H and O–H groups in total. The molecule has 2 aromatic rings. The Morgan fingerprint density at radius 2 is 2.11 bits per heavy atom. The van der Waals surface area contributed by atoms with Crippen LogP contribution in [0, 0.1) is 10.1 Å². The van der Waals surface area contributed by atoms with Crippen molar-refractivity contribution in [3.63, 3.8) is 0 Å². The molecule has 1 saturated heterocycles. The van der Waals surface area contributed by atoms with Crippen LogP contribution in [0.1, 0.15) is 12.8 Å². The highest BCUT2D eigenvalue weighted by molar-refractivity contribution is 5.97. The predicted molar refractivity (Wildman–Crippen MR) is 102 cm³/mol. The summed E-state index contributed by atoms with van der Waals surface area (Å²) >= 11 is 0. The molecule has 9 heteroatoms. The lowest BCUT2D eigenvalue weighted by molar-refractivity contribution is -0.385. The first-order chi connectivity index (χ1) is 13.5. The smallest absolute Gasteiger partial charge is 0.314 e. The normalized spacial score (nSPS) is 13.3. The third-order valence-electron chi connectivity index (χ3n) is 4.24. The molecule has 0 unspecified atom stereocenters. The van der Waals surface area contributed by atoms with Gasteiger partial charge in [-0.15, -0.1) is 0 Å². The van der Waals surface area contributed by atoms with Crippen molar-refractivity contribution in [3.8, 4) is 11.5 Å². The van der Waals surface area contributed by atoms with E-state index in [1.54, 1.807) is 29.2 Å². The molecule has 146 valence electrons. The van der Waals surface area contributed by atoms with E-state index in [0.29, 0.717) is 30.1 Å². The van der Waals surface area contributed by atoms with E-state index in [0.717, 1.165) is 6.42 Å². The van der Waals surface area contributed by atoms with Crippen molar-refractivity contribution in [2.45, 2.75) is 12.8 Å². The Morgan fingerprint density at radius 3 is 2.79 bits per heavy atom. The quantitative estimate of drug-likeness (QED) is 0.579. The second-order valence-corrected chi connectivity index (χ2v) is 6.13. The molecule has 0 saturated carbocycles. The number of carbonyl (C=O) groups excluding carboxylic acids is 2. The van der Waals surface area contributed by atoms with Gasteiger partial charge in [0.1, 0.15) is 5.75 Å². The summed E-state index contributed by atoms with van der Waals surface area (Å²) in [6.45, 7) is 0.251.